The van der Waals surface area contributed by atoms with Crippen molar-refractivity contribution in [3.05, 3.63) is 30.3 Å². The molecule has 1 amide bonds. The molecule has 4 rings (SSSR count). The first-order valence-corrected chi connectivity index (χ1v) is 18.6. The maximum Gasteiger partial charge on any atom is 0.316 e. The number of aliphatic imine (C=N–C) groups is 1. The monoisotopic (exact) mass is 745 g/mol. The van der Waals surface area contributed by atoms with Gasteiger partial charge in [-0.3, -0.25) is 14.4 Å². The standard InChI is InChI=1S/C39H59N3O11/c1-11-31-39(8,47)32-18-29(40-26(6)43)22(2)19-38(7,49-21-27(20-48-32)41-53-28-15-13-12-14-16-28)35(24(4)33(44)25(5)36(46)51-31)52-37-34(45)30(42(9)10)17-23(3)50-37/h12-16,22-25,30-32,34-35,37,45,47H,11,17-21H2,1-10H3/b40-29?,41-27-/t22-,23-,24+,25-,30+,31-,32-,34-,35-,37+,38-,39-/m1/s1. The van der Waals surface area contributed by atoms with Crippen LogP contribution in [0.2, 0.25) is 0 Å². The van der Waals surface area contributed by atoms with Crippen LogP contribution in [-0.2, 0) is 38.1 Å². The van der Waals surface area contributed by atoms with E-state index in [1.807, 2.05) is 38.9 Å². The molecule has 3 heterocycles. The van der Waals surface area contributed by atoms with Crippen LogP contribution in [0.15, 0.2) is 40.5 Å². The van der Waals surface area contributed by atoms with E-state index in [0.717, 1.165) is 0 Å². The number of carbonyl (C=O) groups excluding carboxylic acids is 3. The van der Waals surface area contributed by atoms with Gasteiger partial charge in [-0.05, 0) is 79.1 Å². The van der Waals surface area contributed by atoms with Crippen LogP contribution in [0.1, 0.15) is 81.1 Å². The Morgan fingerprint density at radius 3 is 2.38 bits per heavy atom. The van der Waals surface area contributed by atoms with Crippen molar-refractivity contribution in [3.63, 3.8) is 0 Å². The third-order valence-corrected chi connectivity index (χ3v) is 10.8. The minimum atomic E-state index is -1.80. The summed E-state index contributed by atoms with van der Waals surface area (Å²) in [6, 6.07) is 8.64. The van der Waals surface area contributed by atoms with Gasteiger partial charge in [0.1, 0.15) is 29.4 Å². The Kier molecular flexibility index (Phi) is 14.5. The van der Waals surface area contributed by atoms with Gasteiger partial charge in [-0.1, -0.05) is 44.1 Å². The van der Waals surface area contributed by atoms with E-state index in [-0.39, 0.29) is 44.6 Å². The first-order valence-electron chi connectivity index (χ1n) is 18.6. The molecule has 0 aromatic heterocycles. The van der Waals surface area contributed by atoms with Gasteiger partial charge in [0.25, 0.3) is 0 Å². The number of aliphatic hydroxyl groups is 2. The molecule has 0 spiro atoms. The number of carbonyl (C=O) groups is 3. The molecule has 3 saturated heterocycles. The van der Waals surface area contributed by atoms with Crippen molar-refractivity contribution in [1.29, 1.82) is 0 Å². The Morgan fingerprint density at radius 1 is 1.08 bits per heavy atom. The van der Waals surface area contributed by atoms with E-state index in [1.54, 1.807) is 45.0 Å². The van der Waals surface area contributed by atoms with Gasteiger partial charge in [0.15, 0.2) is 17.8 Å². The van der Waals surface area contributed by atoms with Crippen molar-refractivity contribution < 1.29 is 53.1 Å². The van der Waals surface area contributed by atoms with E-state index in [9.17, 15) is 24.6 Å². The summed E-state index contributed by atoms with van der Waals surface area (Å²) in [5.41, 5.74) is -2.44. The smallest absolute Gasteiger partial charge is 0.316 e. The number of esters is 1. The summed E-state index contributed by atoms with van der Waals surface area (Å²) in [4.78, 5) is 52.7. The van der Waals surface area contributed by atoms with Crippen molar-refractivity contribution in [1.82, 2.24) is 4.90 Å². The molecule has 3 aliphatic heterocycles. The van der Waals surface area contributed by atoms with E-state index in [1.165, 1.54) is 20.8 Å². The lowest BCUT2D eigenvalue weighted by Gasteiger charge is -2.47. The topological polar surface area (TPSA) is 175 Å². The fourth-order valence-corrected chi connectivity index (χ4v) is 7.62. The van der Waals surface area contributed by atoms with E-state index >= 15 is 0 Å². The maximum absolute atomic E-state index is 14.4. The minimum Gasteiger partial charge on any atom is -0.459 e. The van der Waals surface area contributed by atoms with Crippen LogP contribution in [0.4, 0.5) is 0 Å². The second-order valence-corrected chi connectivity index (χ2v) is 15.5. The van der Waals surface area contributed by atoms with Crippen LogP contribution in [0, 0.1) is 17.8 Å². The predicted molar refractivity (Wildman–Crippen MR) is 197 cm³/mol. The van der Waals surface area contributed by atoms with Crippen LogP contribution in [-0.4, -0.2) is 126 Å². The molecule has 53 heavy (non-hydrogen) atoms. The molecule has 14 nitrogen and oxygen atoms in total. The molecule has 12 atom stereocenters. The van der Waals surface area contributed by atoms with Crippen LogP contribution in [0.5, 0.6) is 5.75 Å². The summed E-state index contributed by atoms with van der Waals surface area (Å²) in [5.74, 6) is -4.02. The van der Waals surface area contributed by atoms with Gasteiger partial charge < -0.3 is 43.6 Å². The van der Waals surface area contributed by atoms with Gasteiger partial charge in [-0.25, -0.2) is 4.99 Å². The molecule has 14 heteroatoms. The SMILES string of the molecule is CC[C@H]1OC(=O)[C@H](C)C(=O)[C@H](C)[C@@H](O[C@@H]2O[C@H](C)C[C@H](N(C)C)[C@H]2O)[C@@]2(C)C[C@@H](C)C(=NC(C)=O)C[C@@H](OC/C(=N/Oc3ccccc3)CO2)[C@]1(C)O. The van der Waals surface area contributed by atoms with Gasteiger partial charge in [0.2, 0.25) is 5.91 Å². The number of para-hydroxylation sites is 1. The van der Waals surface area contributed by atoms with Crippen LogP contribution in [0.25, 0.3) is 0 Å². The normalized spacial score (nSPS) is 39.6. The van der Waals surface area contributed by atoms with Crippen LogP contribution >= 0.6 is 0 Å². The summed E-state index contributed by atoms with van der Waals surface area (Å²) in [6.07, 6.45) is -4.90. The largest absolute Gasteiger partial charge is 0.459 e. The van der Waals surface area contributed by atoms with Gasteiger partial charge in [0, 0.05) is 31.0 Å². The average Bonchev–Trinajstić information content (AvgIpc) is 3.12. The second-order valence-electron chi connectivity index (χ2n) is 15.5. The van der Waals surface area contributed by atoms with Crippen molar-refractivity contribution >= 4 is 29.1 Å². The summed E-state index contributed by atoms with van der Waals surface area (Å²) >= 11 is 0. The molecule has 0 aliphatic carbocycles. The number of nitrogens with zero attached hydrogens (tertiary/aromatic N) is 3. The molecule has 296 valence electrons. The summed E-state index contributed by atoms with van der Waals surface area (Å²) < 4.78 is 32.0. The minimum absolute atomic E-state index is 0.00720. The first-order chi connectivity index (χ1) is 24.9. The Morgan fingerprint density at radius 2 is 1.75 bits per heavy atom. The predicted octanol–water partition coefficient (Wildman–Crippen LogP) is 3.74. The number of hydrogen-bond acceptors (Lipinski definition) is 13. The van der Waals surface area contributed by atoms with E-state index < -0.39 is 77.3 Å². The third kappa shape index (κ3) is 10.4. The molecular weight excluding hydrogens is 686 g/mol. The van der Waals surface area contributed by atoms with E-state index in [2.05, 4.69) is 10.1 Å². The van der Waals surface area contributed by atoms with Gasteiger partial charge in [0.05, 0.1) is 37.1 Å². The Bertz CT molecular complexity index is 1480. The quantitative estimate of drug-likeness (QED) is 0.246. The number of cyclic esters (lactones) is 1. The Balaban J connectivity index is 1.93. The number of benzene rings is 1. The Hall–Kier alpha value is -3.11. The second kappa shape index (κ2) is 18.0. The number of Topliss-reactive ketones (excluding diaryl/α,β-unsaturated/α-hetero) is 1. The molecular formula is C39H59N3O11. The molecule has 1 aromatic rings. The zero-order valence-electron chi connectivity index (χ0n) is 32.8. The van der Waals surface area contributed by atoms with Crippen LogP contribution in [0.3, 0.4) is 0 Å². The highest BCUT2D eigenvalue weighted by Crippen LogP contribution is 2.39. The lowest BCUT2D eigenvalue weighted by Crippen LogP contribution is -2.59. The summed E-state index contributed by atoms with van der Waals surface area (Å²) in [6.45, 7) is 12.9. The molecule has 2 N–H and O–H groups in total. The number of ketones is 1. The lowest BCUT2D eigenvalue weighted by atomic mass is 9.76. The number of oxime groups is 1. The number of rotatable bonds is 6. The van der Waals surface area contributed by atoms with E-state index in [4.69, 9.17) is 28.5 Å². The molecule has 1 aromatic carbocycles. The Labute approximate surface area is 313 Å². The molecule has 0 unspecified atom stereocenters. The molecule has 2 bridgehead atoms. The highest BCUT2D eigenvalue weighted by Gasteiger charge is 2.51. The zero-order chi connectivity index (χ0) is 39.2. The van der Waals surface area contributed by atoms with E-state index in [0.29, 0.717) is 23.6 Å². The fourth-order valence-electron chi connectivity index (χ4n) is 7.62. The summed E-state index contributed by atoms with van der Waals surface area (Å²) in [7, 11) is 3.73. The number of hydrogen-bond donors (Lipinski definition) is 2. The van der Waals surface area contributed by atoms with Crippen molar-refractivity contribution in [2.24, 2.45) is 27.9 Å². The summed E-state index contributed by atoms with van der Waals surface area (Å²) in [5, 5.41) is 28.1. The number of aliphatic hydroxyl groups excluding tert-OH is 1. The van der Waals surface area contributed by atoms with Crippen molar-refractivity contribution in [2.75, 3.05) is 27.3 Å². The highest BCUT2D eigenvalue weighted by molar-refractivity contribution is 6.00. The van der Waals surface area contributed by atoms with Gasteiger partial charge in [-0.2, -0.15) is 0 Å². The van der Waals surface area contributed by atoms with Gasteiger partial charge in [-0.15, -0.1) is 0 Å². The third-order valence-electron chi connectivity index (χ3n) is 10.8. The van der Waals surface area contributed by atoms with Gasteiger partial charge >= 0.3 is 5.97 Å². The molecule has 0 radical (unpaired) electrons. The van der Waals surface area contributed by atoms with Crippen molar-refractivity contribution in [2.45, 2.75) is 135 Å². The zero-order valence-corrected chi connectivity index (χ0v) is 32.8. The number of likely N-dealkylation sites (N-methyl/N-ethyl adjacent to an activating group) is 1. The lowest BCUT2D eigenvalue weighted by molar-refractivity contribution is -0.296. The molecule has 0 saturated carbocycles. The highest BCUT2D eigenvalue weighted by atomic mass is 16.7. The number of fused-ring (bicyclic) bond motifs is 5. The van der Waals surface area contributed by atoms with Crippen LogP contribution < -0.4 is 4.84 Å². The fraction of sp³-hybridized carbons (Fsp3) is 0.718. The number of amides is 1. The molecule has 3 aliphatic rings. The first kappa shape index (κ1) is 42.6. The number of ether oxygens (including phenoxy) is 5. The molecule has 3 fully saturated rings. The average molecular weight is 746 g/mol. The maximum atomic E-state index is 14.4. The van der Waals surface area contributed by atoms with Crippen molar-refractivity contribution in [3.8, 4) is 5.75 Å².